The topological polar surface area (TPSA) is 79.4 Å². The van der Waals surface area contributed by atoms with Crippen molar-refractivity contribution in [2.24, 2.45) is 0 Å². The Labute approximate surface area is 185 Å². The first-order chi connectivity index (χ1) is 14.6. The fraction of sp³-hybridized carbons (Fsp3) is 0.273. The second-order valence-electron chi connectivity index (χ2n) is 7.38. The van der Waals surface area contributed by atoms with E-state index in [0.29, 0.717) is 15.6 Å². The van der Waals surface area contributed by atoms with Crippen LogP contribution in [-0.2, 0) is 16.6 Å². The molecule has 1 aromatic heterocycles. The van der Waals surface area contributed by atoms with Gasteiger partial charge in [0.2, 0.25) is 10.0 Å². The van der Waals surface area contributed by atoms with Crippen molar-refractivity contribution < 1.29 is 17.6 Å². The molecule has 3 rings (SSSR count). The molecule has 0 unspecified atom stereocenters. The molecule has 1 amide bonds. The summed E-state index contributed by atoms with van der Waals surface area (Å²) in [5, 5.41) is 3.49. The quantitative estimate of drug-likeness (QED) is 0.571. The van der Waals surface area contributed by atoms with E-state index in [4.69, 9.17) is 0 Å². The van der Waals surface area contributed by atoms with Crippen molar-refractivity contribution in [1.82, 2.24) is 14.6 Å². The van der Waals surface area contributed by atoms with Crippen LogP contribution in [0.4, 0.5) is 4.39 Å². The number of amides is 1. The number of nitrogens with zero attached hydrogens (tertiary/aromatic N) is 2. The molecule has 164 valence electrons. The zero-order valence-electron chi connectivity index (χ0n) is 17.7. The van der Waals surface area contributed by atoms with Crippen LogP contribution in [0.5, 0.6) is 0 Å². The Kier molecular flexibility index (Phi) is 6.88. The van der Waals surface area contributed by atoms with E-state index in [-0.39, 0.29) is 29.2 Å². The number of benzene rings is 2. The summed E-state index contributed by atoms with van der Waals surface area (Å²) in [4.78, 5) is 17.7. The number of carbonyl (C=O) groups excluding carboxylic acids is 1. The van der Waals surface area contributed by atoms with E-state index < -0.39 is 10.0 Å². The van der Waals surface area contributed by atoms with Crippen LogP contribution in [0.25, 0.3) is 10.6 Å². The van der Waals surface area contributed by atoms with Crippen LogP contribution in [0, 0.1) is 12.7 Å². The Morgan fingerprint density at radius 2 is 1.74 bits per heavy atom. The lowest BCUT2D eigenvalue weighted by Gasteiger charge is -2.21. The highest BCUT2D eigenvalue weighted by atomic mass is 32.2. The van der Waals surface area contributed by atoms with Crippen molar-refractivity contribution in [3.63, 3.8) is 0 Å². The van der Waals surface area contributed by atoms with Crippen molar-refractivity contribution in [3.8, 4) is 10.6 Å². The molecule has 1 heterocycles. The van der Waals surface area contributed by atoms with Crippen molar-refractivity contribution in [1.29, 1.82) is 0 Å². The van der Waals surface area contributed by atoms with Gasteiger partial charge in [-0.25, -0.2) is 17.8 Å². The molecule has 0 aliphatic rings. The summed E-state index contributed by atoms with van der Waals surface area (Å²) in [7, 11) is -2.00. The molecule has 3 aromatic rings. The molecule has 0 radical (unpaired) electrons. The number of rotatable bonds is 7. The SMILES string of the molecule is Cc1nc(-c2ccc(F)cc2)sc1C(=O)NCc1ccc(S(=O)(=O)N(C)C(C)C)cc1. The monoisotopic (exact) mass is 461 g/mol. The van der Waals surface area contributed by atoms with E-state index in [0.717, 1.165) is 11.1 Å². The van der Waals surface area contributed by atoms with Crippen LogP contribution in [0.2, 0.25) is 0 Å². The number of halogens is 1. The number of thiazole rings is 1. The van der Waals surface area contributed by atoms with Gasteiger partial charge in [0.15, 0.2) is 0 Å². The molecular formula is C22H24FN3O3S2. The first-order valence-corrected chi connectivity index (χ1v) is 11.9. The van der Waals surface area contributed by atoms with Gasteiger partial charge in [-0.1, -0.05) is 12.1 Å². The zero-order valence-corrected chi connectivity index (χ0v) is 19.3. The molecule has 2 aromatic carbocycles. The van der Waals surface area contributed by atoms with Crippen molar-refractivity contribution in [3.05, 3.63) is 70.5 Å². The normalized spacial score (nSPS) is 11.8. The minimum atomic E-state index is -3.55. The lowest BCUT2D eigenvalue weighted by molar-refractivity contribution is 0.0954. The number of hydrogen-bond acceptors (Lipinski definition) is 5. The Balaban J connectivity index is 1.68. The maximum Gasteiger partial charge on any atom is 0.263 e. The standard InChI is InChI=1S/C22H24FN3O3S2/c1-14(2)26(4)31(28,29)19-11-5-16(6-12-19)13-24-21(27)20-15(3)25-22(30-20)17-7-9-18(23)10-8-17/h5-12,14H,13H2,1-4H3,(H,24,27). The summed E-state index contributed by atoms with van der Waals surface area (Å²) in [6, 6.07) is 12.3. The molecule has 6 nitrogen and oxygen atoms in total. The Hall–Kier alpha value is -2.62. The lowest BCUT2D eigenvalue weighted by atomic mass is 10.2. The maximum atomic E-state index is 13.1. The third-order valence-electron chi connectivity index (χ3n) is 4.87. The highest BCUT2D eigenvalue weighted by Crippen LogP contribution is 2.28. The number of sulfonamides is 1. The summed E-state index contributed by atoms with van der Waals surface area (Å²) in [6.45, 7) is 5.63. The summed E-state index contributed by atoms with van der Waals surface area (Å²) >= 11 is 1.24. The van der Waals surface area contributed by atoms with E-state index in [1.807, 2.05) is 13.8 Å². The van der Waals surface area contributed by atoms with Crippen LogP contribution in [0.3, 0.4) is 0 Å². The third-order valence-corrected chi connectivity index (χ3v) is 8.13. The van der Waals surface area contributed by atoms with Gasteiger partial charge in [-0.15, -0.1) is 11.3 Å². The van der Waals surface area contributed by atoms with Crippen molar-refractivity contribution in [2.45, 2.75) is 38.3 Å². The first kappa shape index (κ1) is 23.1. The predicted octanol–water partition coefficient (Wildman–Crippen LogP) is 4.22. The van der Waals surface area contributed by atoms with Gasteiger partial charge < -0.3 is 5.32 Å². The van der Waals surface area contributed by atoms with Crippen LogP contribution in [-0.4, -0.2) is 36.7 Å². The molecule has 0 saturated heterocycles. The van der Waals surface area contributed by atoms with Gasteiger partial charge in [-0.3, -0.25) is 4.79 Å². The highest BCUT2D eigenvalue weighted by Gasteiger charge is 2.23. The predicted molar refractivity (Wildman–Crippen MR) is 120 cm³/mol. The molecule has 0 bridgehead atoms. The Bertz CT molecular complexity index is 1170. The molecule has 0 fully saturated rings. The van der Waals surface area contributed by atoms with Crippen LogP contribution < -0.4 is 5.32 Å². The zero-order chi connectivity index (χ0) is 22.8. The van der Waals surface area contributed by atoms with Crippen molar-refractivity contribution in [2.75, 3.05) is 7.05 Å². The molecule has 0 aliphatic carbocycles. The largest absolute Gasteiger partial charge is 0.347 e. The van der Waals surface area contributed by atoms with Gasteiger partial charge in [-0.05, 0) is 62.7 Å². The average Bonchev–Trinajstić information content (AvgIpc) is 3.13. The van der Waals surface area contributed by atoms with Gasteiger partial charge in [0.25, 0.3) is 5.91 Å². The Morgan fingerprint density at radius 3 is 2.32 bits per heavy atom. The average molecular weight is 462 g/mol. The Morgan fingerprint density at radius 1 is 1.13 bits per heavy atom. The smallest absolute Gasteiger partial charge is 0.263 e. The molecule has 1 N–H and O–H groups in total. The molecule has 0 spiro atoms. The number of aryl methyl sites for hydroxylation is 1. The molecule has 0 atom stereocenters. The van der Waals surface area contributed by atoms with E-state index in [9.17, 15) is 17.6 Å². The van der Waals surface area contributed by atoms with Crippen molar-refractivity contribution >= 4 is 27.3 Å². The molecule has 0 aliphatic heterocycles. The van der Waals surface area contributed by atoms with E-state index in [1.165, 1.54) is 27.8 Å². The second-order valence-corrected chi connectivity index (χ2v) is 10.4. The van der Waals surface area contributed by atoms with Gasteiger partial charge in [-0.2, -0.15) is 4.31 Å². The number of nitrogens with one attached hydrogen (secondary N) is 1. The molecule has 0 saturated carbocycles. The number of aromatic nitrogens is 1. The fourth-order valence-corrected chi connectivity index (χ4v) is 5.16. The molecule has 31 heavy (non-hydrogen) atoms. The summed E-state index contributed by atoms with van der Waals surface area (Å²) in [5.41, 5.74) is 2.12. The third kappa shape index (κ3) is 5.17. The van der Waals surface area contributed by atoms with E-state index >= 15 is 0 Å². The van der Waals surface area contributed by atoms with Gasteiger partial charge >= 0.3 is 0 Å². The van der Waals surface area contributed by atoms with Gasteiger partial charge in [0, 0.05) is 25.2 Å². The summed E-state index contributed by atoms with van der Waals surface area (Å²) in [5.74, 6) is -0.593. The fourth-order valence-electron chi connectivity index (χ4n) is 2.81. The van der Waals surface area contributed by atoms with Crippen LogP contribution in [0.1, 0.15) is 34.8 Å². The van der Waals surface area contributed by atoms with Crippen LogP contribution in [0.15, 0.2) is 53.4 Å². The van der Waals surface area contributed by atoms with Crippen LogP contribution >= 0.6 is 11.3 Å². The lowest BCUT2D eigenvalue weighted by Crippen LogP contribution is -2.33. The second kappa shape index (κ2) is 9.25. The summed E-state index contributed by atoms with van der Waals surface area (Å²) in [6.07, 6.45) is 0. The van der Waals surface area contributed by atoms with E-state index in [2.05, 4.69) is 10.3 Å². The van der Waals surface area contributed by atoms with Gasteiger partial charge in [0.05, 0.1) is 10.6 Å². The first-order valence-electron chi connectivity index (χ1n) is 9.68. The van der Waals surface area contributed by atoms with Gasteiger partial charge in [0.1, 0.15) is 15.7 Å². The number of hydrogen-bond donors (Lipinski definition) is 1. The maximum absolute atomic E-state index is 13.1. The highest BCUT2D eigenvalue weighted by molar-refractivity contribution is 7.89. The minimum Gasteiger partial charge on any atom is -0.347 e. The minimum absolute atomic E-state index is 0.147. The molecule has 9 heteroatoms. The summed E-state index contributed by atoms with van der Waals surface area (Å²) < 4.78 is 39.5. The van der Waals surface area contributed by atoms with E-state index in [1.54, 1.807) is 50.4 Å². The number of carbonyl (C=O) groups is 1. The molecular weight excluding hydrogens is 437 g/mol.